The first-order chi connectivity index (χ1) is 11.1. The van der Waals surface area contributed by atoms with Crippen molar-refractivity contribution in [2.24, 2.45) is 5.73 Å². The highest BCUT2D eigenvalue weighted by atomic mass is 32.2. The minimum Gasteiger partial charge on any atom is -0.388 e. The zero-order valence-electron chi connectivity index (χ0n) is 12.4. The van der Waals surface area contributed by atoms with Gasteiger partial charge in [0.2, 0.25) is 0 Å². The van der Waals surface area contributed by atoms with E-state index in [1.54, 1.807) is 22.7 Å². The van der Waals surface area contributed by atoms with Gasteiger partial charge in [0.15, 0.2) is 11.5 Å². The number of aromatic nitrogens is 4. The lowest BCUT2D eigenvalue weighted by Gasteiger charge is -2.15. The summed E-state index contributed by atoms with van der Waals surface area (Å²) in [5.74, 6) is 1.68. The third kappa shape index (κ3) is 3.26. The van der Waals surface area contributed by atoms with E-state index < -0.39 is 24.4 Å². The summed E-state index contributed by atoms with van der Waals surface area (Å²) in [6.45, 7) is 0.894. The molecule has 1 aliphatic rings. The maximum absolute atomic E-state index is 10.2. The number of aliphatic hydroxyl groups excluding tert-OH is 2. The summed E-state index contributed by atoms with van der Waals surface area (Å²) in [5, 5.41) is 20.3. The van der Waals surface area contributed by atoms with Crippen molar-refractivity contribution < 1.29 is 14.9 Å². The largest absolute Gasteiger partial charge is 0.388 e. The smallest absolute Gasteiger partial charge is 0.165 e. The summed E-state index contributed by atoms with van der Waals surface area (Å²) < 4.78 is 7.54. The highest BCUT2D eigenvalue weighted by Crippen LogP contribution is 2.26. The molecule has 4 atom stereocenters. The van der Waals surface area contributed by atoms with E-state index in [2.05, 4.69) is 15.0 Å². The Hall–Kier alpha value is -1.46. The first kappa shape index (κ1) is 16.4. The predicted octanol–water partition coefficient (Wildman–Crippen LogP) is -1.41. The van der Waals surface area contributed by atoms with Gasteiger partial charge in [0.1, 0.15) is 30.2 Å². The standard InChI is InChI=1S/C13H20N6O3S/c14-1-2-23-4-8-11(21)10(20)7(22-8)3-19-6-18-9-12(15)16-5-17-13(9)19/h5-8,10-11,20-21H,1-4,14H2,(H2,15,16,17). The van der Waals surface area contributed by atoms with Crippen LogP contribution in [0.4, 0.5) is 5.82 Å². The van der Waals surface area contributed by atoms with Gasteiger partial charge in [-0.2, -0.15) is 11.8 Å². The Kier molecular flexibility index (Phi) is 4.97. The number of rotatable bonds is 6. The second kappa shape index (κ2) is 6.97. The molecule has 0 bridgehead atoms. The molecule has 0 aromatic carbocycles. The zero-order chi connectivity index (χ0) is 16.4. The van der Waals surface area contributed by atoms with Gasteiger partial charge in [0.25, 0.3) is 0 Å². The van der Waals surface area contributed by atoms with E-state index in [9.17, 15) is 10.2 Å². The molecule has 9 nitrogen and oxygen atoms in total. The van der Waals surface area contributed by atoms with Crippen LogP contribution >= 0.6 is 11.8 Å². The Morgan fingerprint density at radius 3 is 2.78 bits per heavy atom. The van der Waals surface area contributed by atoms with Crippen molar-refractivity contribution >= 4 is 28.7 Å². The molecular formula is C13H20N6O3S. The maximum Gasteiger partial charge on any atom is 0.165 e. The lowest BCUT2D eigenvalue weighted by molar-refractivity contribution is 0.00790. The minimum absolute atomic E-state index is 0.303. The monoisotopic (exact) mass is 340 g/mol. The molecule has 0 spiro atoms. The molecule has 23 heavy (non-hydrogen) atoms. The fraction of sp³-hybridized carbons (Fsp3) is 0.615. The first-order valence-corrected chi connectivity index (χ1v) is 8.48. The van der Waals surface area contributed by atoms with Crippen LogP contribution in [0.1, 0.15) is 0 Å². The molecule has 2 aromatic heterocycles. The van der Waals surface area contributed by atoms with Crippen molar-refractivity contribution in [3.05, 3.63) is 12.7 Å². The lowest BCUT2D eigenvalue weighted by atomic mass is 10.1. The van der Waals surface area contributed by atoms with Crippen molar-refractivity contribution in [2.75, 3.05) is 23.8 Å². The summed E-state index contributed by atoms with van der Waals surface area (Å²) in [7, 11) is 0. The molecule has 4 unspecified atom stereocenters. The molecule has 0 radical (unpaired) electrons. The van der Waals surface area contributed by atoms with Crippen molar-refractivity contribution in [1.82, 2.24) is 19.5 Å². The van der Waals surface area contributed by atoms with Crippen LogP contribution in [0.15, 0.2) is 12.7 Å². The van der Waals surface area contributed by atoms with E-state index in [1.165, 1.54) is 6.33 Å². The van der Waals surface area contributed by atoms with Gasteiger partial charge >= 0.3 is 0 Å². The van der Waals surface area contributed by atoms with Crippen LogP contribution in [0, 0.1) is 0 Å². The van der Waals surface area contributed by atoms with E-state index in [0.717, 1.165) is 5.75 Å². The zero-order valence-corrected chi connectivity index (χ0v) is 13.3. The molecule has 10 heteroatoms. The minimum atomic E-state index is -0.963. The van der Waals surface area contributed by atoms with Gasteiger partial charge < -0.3 is 31.0 Å². The molecule has 1 aliphatic heterocycles. The van der Waals surface area contributed by atoms with Crippen LogP contribution in [0.25, 0.3) is 11.2 Å². The third-order valence-electron chi connectivity index (χ3n) is 3.81. The number of fused-ring (bicyclic) bond motifs is 1. The molecule has 1 fully saturated rings. The SMILES string of the molecule is NCCSCC1OC(Cn2cnc3c(N)ncnc32)C(O)C1O. The van der Waals surface area contributed by atoms with Crippen LogP contribution < -0.4 is 11.5 Å². The number of nitrogen functional groups attached to an aromatic ring is 1. The van der Waals surface area contributed by atoms with Crippen LogP contribution in [0.3, 0.4) is 0 Å². The van der Waals surface area contributed by atoms with E-state index in [0.29, 0.717) is 35.8 Å². The molecule has 0 aliphatic carbocycles. The van der Waals surface area contributed by atoms with Gasteiger partial charge in [-0.15, -0.1) is 0 Å². The van der Waals surface area contributed by atoms with Crippen LogP contribution in [-0.2, 0) is 11.3 Å². The molecule has 0 amide bonds. The third-order valence-corrected chi connectivity index (χ3v) is 4.90. The van der Waals surface area contributed by atoms with Crippen molar-refractivity contribution in [1.29, 1.82) is 0 Å². The molecule has 3 rings (SSSR count). The highest BCUT2D eigenvalue weighted by molar-refractivity contribution is 7.99. The van der Waals surface area contributed by atoms with Crippen LogP contribution in [0.5, 0.6) is 0 Å². The second-order valence-corrected chi connectivity index (χ2v) is 6.54. The maximum atomic E-state index is 10.2. The fourth-order valence-corrected chi connectivity index (χ4v) is 3.46. The Morgan fingerprint density at radius 1 is 1.22 bits per heavy atom. The fourth-order valence-electron chi connectivity index (χ4n) is 2.62. The summed E-state index contributed by atoms with van der Waals surface area (Å²) in [6.07, 6.45) is 0.107. The summed E-state index contributed by atoms with van der Waals surface area (Å²) in [4.78, 5) is 12.2. The molecule has 0 saturated carbocycles. The molecule has 2 aromatic rings. The molecular weight excluding hydrogens is 320 g/mol. The van der Waals surface area contributed by atoms with Gasteiger partial charge in [-0.3, -0.25) is 0 Å². The normalized spacial score (nSPS) is 27.8. The van der Waals surface area contributed by atoms with Gasteiger partial charge in [-0.1, -0.05) is 0 Å². The lowest BCUT2D eigenvalue weighted by Crippen LogP contribution is -2.34. The molecule has 1 saturated heterocycles. The number of nitrogens with zero attached hydrogens (tertiary/aromatic N) is 4. The Labute approximate surface area is 137 Å². The summed E-state index contributed by atoms with van der Waals surface area (Å²) >= 11 is 1.59. The van der Waals surface area contributed by atoms with E-state index in [1.807, 2.05) is 0 Å². The van der Waals surface area contributed by atoms with Crippen molar-refractivity contribution in [3.8, 4) is 0 Å². The molecule has 6 N–H and O–H groups in total. The Bertz CT molecular complexity index is 668. The number of thioether (sulfide) groups is 1. The molecule has 126 valence electrons. The van der Waals surface area contributed by atoms with Crippen LogP contribution in [0.2, 0.25) is 0 Å². The van der Waals surface area contributed by atoms with Gasteiger partial charge in [-0.05, 0) is 0 Å². The average Bonchev–Trinajstić information content (AvgIpc) is 3.06. The highest BCUT2D eigenvalue weighted by Gasteiger charge is 2.42. The number of aliphatic hydroxyl groups is 2. The van der Waals surface area contributed by atoms with Gasteiger partial charge in [0.05, 0.1) is 19.0 Å². The van der Waals surface area contributed by atoms with E-state index in [-0.39, 0.29) is 0 Å². The second-order valence-electron chi connectivity index (χ2n) is 5.39. The number of imidazole rings is 1. The number of anilines is 1. The average molecular weight is 340 g/mol. The van der Waals surface area contributed by atoms with E-state index in [4.69, 9.17) is 16.2 Å². The number of hydrogen-bond acceptors (Lipinski definition) is 9. The van der Waals surface area contributed by atoms with E-state index >= 15 is 0 Å². The van der Waals surface area contributed by atoms with Gasteiger partial charge in [-0.25, -0.2) is 15.0 Å². The van der Waals surface area contributed by atoms with Crippen molar-refractivity contribution in [2.45, 2.75) is 31.0 Å². The Balaban J connectivity index is 1.70. The topological polar surface area (TPSA) is 145 Å². The number of hydrogen-bond donors (Lipinski definition) is 4. The van der Waals surface area contributed by atoms with Crippen LogP contribution in [-0.4, -0.2) is 72.2 Å². The summed E-state index contributed by atoms with van der Waals surface area (Å²) in [5.41, 5.74) is 12.3. The van der Waals surface area contributed by atoms with Crippen molar-refractivity contribution in [3.63, 3.8) is 0 Å². The summed E-state index contributed by atoms with van der Waals surface area (Å²) in [6, 6.07) is 0. The molecule has 3 heterocycles. The first-order valence-electron chi connectivity index (χ1n) is 7.32. The predicted molar refractivity (Wildman–Crippen MR) is 86.8 cm³/mol. The van der Waals surface area contributed by atoms with Gasteiger partial charge in [0, 0.05) is 18.1 Å². The Morgan fingerprint density at radius 2 is 2.00 bits per heavy atom. The number of nitrogens with two attached hydrogens (primary N) is 2. The number of ether oxygens (including phenoxy) is 1. The quantitative estimate of drug-likeness (QED) is 0.466.